The lowest BCUT2D eigenvalue weighted by molar-refractivity contribution is -0.193. The zero-order valence-corrected chi connectivity index (χ0v) is 21.1. The molecule has 11 heteroatoms. The van der Waals surface area contributed by atoms with Crippen molar-refractivity contribution in [3.05, 3.63) is 0 Å². The lowest BCUT2D eigenvalue weighted by Gasteiger charge is -2.35. The number of hydrogen-bond donors (Lipinski definition) is 1. The van der Waals surface area contributed by atoms with Crippen molar-refractivity contribution in [3.8, 4) is 0 Å². The summed E-state index contributed by atoms with van der Waals surface area (Å²) in [4.78, 5) is 62.5. The molecule has 0 fully saturated rings. The second-order valence-corrected chi connectivity index (χ2v) is 9.15. The van der Waals surface area contributed by atoms with Crippen LogP contribution in [0.2, 0.25) is 0 Å². The highest BCUT2D eigenvalue weighted by atomic mass is 16.7. The highest BCUT2D eigenvalue weighted by Gasteiger charge is 2.32. The average molecular weight is 490 g/mol. The maximum atomic E-state index is 12.0. The molecular weight excluding hydrogens is 450 g/mol. The zero-order chi connectivity index (χ0) is 26.4. The molecule has 0 aliphatic carbocycles. The molecule has 34 heavy (non-hydrogen) atoms. The summed E-state index contributed by atoms with van der Waals surface area (Å²) in [6, 6.07) is 0. The second-order valence-electron chi connectivity index (χ2n) is 9.15. The largest absolute Gasteiger partial charge is 0.481 e. The van der Waals surface area contributed by atoms with Crippen LogP contribution in [0, 0.1) is 0 Å². The summed E-state index contributed by atoms with van der Waals surface area (Å²) >= 11 is 0. The Morgan fingerprint density at radius 2 is 1.18 bits per heavy atom. The molecule has 0 aromatic carbocycles. The summed E-state index contributed by atoms with van der Waals surface area (Å²) in [6.07, 6.45) is 1.18. The van der Waals surface area contributed by atoms with Crippen molar-refractivity contribution in [2.24, 2.45) is 0 Å². The Balaban J connectivity index is 4.26. The van der Waals surface area contributed by atoms with Crippen LogP contribution in [0.5, 0.6) is 0 Å². The molecule has 0 radical (unpaired) electrons. The minimum Gasteiger partial charge on any atom is -0.481 e. The molecule has 1 amide bonds. The number of nitrogens with zero attached hydrogens (tertiary/aromatic N) is 1. The number of ether oxygens (including phenoxy) is 3. The predicted octanol–water partition coefficient (Wildman–Crippen LogP) is 2.79. The van der Waals surface area contributed by atoms with E-state index in [2.05, 4.69) is 0 Å². The van der Waals surface area contributed by atoms with Crippen molar-refractivity contribution in [2.75, 3.05) is 20.3 Å². The van der Waals surface area contributed by atoms with Crippen molar-refractivity contribution in [1.82, 2.24) is 5.06 Å². The Labute approximate surface area is 201 Å². The van der Waals surface area contributed by atoms with E-state index in [1.54, 1.807) is 27.7 Å². The number of esters is 2. The predicted molar refractivity (Wildman–Crippen MR) is 120 cm³/mol. The number of amides is 1. The number of rotatable bonds is 16. The van der Waals surface area contributed by atoms with Gasteiger partial charge < -0.3 is 24.2 Å². The van der Waals surface area contributed by atoms with Gasteiger partial charge in [0, 0.05) is 39.2 Å². The molecular formula is C23H39NO10. The summed E-state index contributed by atoms with van der Waals surface area (Å²) in [6.45, 7) is 8.61. The number of carbonyl (C=O) groups excluding carboxylic acids is 4. The van der Waals surface area contributed by atoms with Gasteiger partial charge in [0.25, 0.3) is 5.91 Å². The molecule has 1 N–H and O–H groups in total. The van der Waals surface area contributed by atoms with Crippen LogP contribution in [0.25, 0.3) is 0 Å². The Hall–Kier alpha value is -2.69. The fourth-order valence-corrected chi connectivity index (χ4v) is 2.84. The molecule has 0 rings (SSSR count). The number of carbonyl (C=O) groups is 5. The molecule has 0 aliphatic rings. The Morgan fingerprint density at radius 3 is 1.62 bits per heavy atom. The smallest absolute Gasteiger partial charge is 0.332 e. The molecule has 196 valence electrons. The van der Waals surface area contributed by atoms with Gasteiger partial charge in [0.15, 0.2) is 0 Å². The van der Waals surface area contributed by atoms with Gasteiger partial charge in [-0.25, -0.2) is 4.79 Å². The third kappa shape index (κ3) is 16.0. The third-order valence-electron chi connectivity index (χ3n) is 4.30. The summed E-state index contributed by atoms with van der Waals surface area (Å²) in [7, 11) is 1.37. The first-order valence-electron chi connectivity index (χ1n) is 11.4. The van der Waals surface area contributed by atoms with Gasteiger partial charge in [0.1, 0.15) is 13.2 Å². The van der Waals surface area contributed by atoms with Gasteiger partial charge in [0.05, 0.1) is 11.2 Å². The number of carboxylic acid groups (broad SMARTS) is 1. The van der Waals surface area contributed by atoms with Crippen LogP contribution in [0.4, 0.5) is 0 Å². The van der Waals surface area contributed by atoms with E-state index in [4.69, 9.17) is 24.2 Å². The van der Waals surface area contributed by atoms with Crippen molar-refractivity contribution in [1.29, 1.82) is 0 Å². The zero-order valence-electron chi connectivity index (χ0n) is 21.1. The quantitative estimate of drug-likeness (QED) is 0.254. The number of hydroxylamine groups is 2. The molecule has 0 bridgehead atoms. The maximum Gasteiger partial charge on any atom is 0.332 e. The van der Waals surface area contributed by atoms with Gasteiger partial charge in [0.2, 0.25) is 0 Å². The fourth-order valence-electron chi connectivity index (χ4n) is 2.84. The van der Waals surface area contributed by atoms with E-state index in [9.17, 15) is 24.0 Å². The van der Waals surface area contributed by atoms with Crippen LogP contribution in [-0.2, 0) is 43.0 Å². The van der Waals surface area contributed by atoms with E-state index in [1.807, 2.05) is 6.92 Å². The summed E-state index contributed by atoms with van der Waals surface area (Å²) in [5.41, 5.74) is -1.75. The minimum absolute atomic E-state index is 0.00225. The SMILES string of the molecule is CCCC(=O)N(C)OC(=O)CCCC(=O)OCC(C)(C)OC(C)(C)COC(=O)CCCC(=O)O. The first-order chi connectivity index (χ1) is 15.7. The molecule has 0 atom stereocenters. The number of carboxylic acids is 1. The van der Waals surface area contributed by atoms with Gasteiger partial charge in [-0.3, -0.25) is 19.2 Å². The van der Waals surface area contributed by atoms with Gasteiger partial charge in [-0.05, 0) is 47.0 Å². The molecule has 0 aliphatic heterocycles. The fraction of sp³-hybridized carbons (Fsp3) is 0.783. The molecule has 0 spiro atoms. The maximum absolute atomic E-state index is 12.0. The lowest BCUT2D eigenvalue weighted by atomic mass is 10.1. The van der Waals surface area contributed by atoms with Gasteiger partial charge in [-0.2, -0.15) is 5.06 Å². The molecule has 0 unspecified atom stereocenters. The molecule has 0 saturated carbocycles. The standard InChI is InChI=1S/C23H39NO10/c1-7-10-17(25)24(6)33-21(30)14-9-13-20(29)32-16-23(4,5)34-22(2,3)15-31-19(28)12-8-11-18(26)27/h7-16H2,1-6H3,(H,26,27). The summed E-state index contributed by atoms with van der Waals surface area (Å²) < 4.78 is 16.3. The topological polar surface area (TPSA) is 146 Å². The number of aliphatic carboxylic acids is 1. The van der Waals surface area contributed by atoms with Crippen LogP contribution in [-0.4, -0.2) is 71.4 Å². The molecule has 11 nitrogen and oxygen atoms in total. The Kier molecular flexibility index (Phi) is 14.1. The average Bonchev–Trinajstić information content (AvgIpc) is 2.70. The van der Waals surface area contributed by atoms with Crippen molar-refractivity contribution in [3.63, 3.8) is 0 Å². The summed E-state index contributed by atoms with van der Waals surface area (Å²) in [5.74, 6) is -2.90. The first kappa shape index (κ1) is 31.3. The molecule has 0 heterocycles. The van der Waals surface area contributed by atoms with Gasteiger partial charge in [-0.1, -0.05) is 6.92 Å². The van der Waals surface area contributed by atoms with Crippen molar-refractivity contribution < 1.29 is 48.1 Å². The van der Waals surface area contributed by atoms with Crippen LogP contribution >= 0.6 is 0 Å². The van der Waals surface area contributed by atoms with Crippen LogP contribution in [0.1, 0.15) is 86.0 Å². The van der Waals surface area contributed by atoms with E-state index in [0.29, 0.717) is 6.42 Å². The van der Waals surface area contributed by atoms with E-state index in [-0.39, 0.29) is 64.1 Å². The summed E-state index contributed by atoms with van der Waals surface area (Å²) in [5, 5.41) is 9.50. The highest BCUT2D eigenvalue weighted by molar-refractivity contribution is 5.78. The van der Waals surface area contributed by atoms with Crippen molar-refractivity contribution in [2.45, 2.75) is 97.2 Å². The second kappa shape index (κ2) is 15.3. The van der Waals surface area contributed by atoms with Gasteiger partial charge >= 0.3 is 23.9 Å². The highest BCUT2D eigenvalue weighted by Crippen LogP contribution is 2.22. The molecule has 0 aromatic heterocycles. The molecule has 0 saturated heterocycles. The lowest BCUT2D eigenvalue weighted by Crippen LogP contribution is -2.43. The molecule has 0 aromatic rings. The normalized spacial score (nSPS) is 11.5. The Morgan fingerprint density at radius 1 is 0.735 bits per heavy atom. The van der Waals surface area contributed by atoms with Crippen molar-refractivity contribution >= 4 is 29.8 Å². The van der Waals surface area contributed by atoms with E-state index in [0.717, 1.165) is 5.06 Å². The minimum atomic E-state index is -0.973. The first-order valence-corrected chi connectivity index (χ1v) is 11.4. The van der Waals surface area contributed by atoms with Crippen LogP contribution in [0.3, 0.4) is 0 Å². The monoisotopic (exact) mass is 489 g/mol. The van der Waals surface area contributed by atoms with E-state index < -0.39 is 35.1 Å². The van der Waals surface area contributed by atoms with E-state index in [1.165, 1.54) is 7.05 Å². The number of hydrogen-bond acceptors (Lipinski definition) is 9. The van der Waals surface area contributed by atoms with Crippen LogP contribution < -0.4 is 0 Å². The van der Waals surface area contributed by atoms with Crippen LogP contribution in [0.15, 0.2) is 0 Å². The van der Waals surface area contributed by atoms with Gasteiger partial charge in [-0.15, -0.1) is 0 Å². The Bertz CT molecular complexity index is 702. The van der Waals surface area contributed by atoms with E-state index >= 15 is 0 Å². The third-order valence-corrected chi connectivity index (χ3v) is 4.30.